The van der Waals surface area contributed by atoms with E-state index in [9.17, 15) is 9.00 Å². The Bertz CT molecular complexity index is 1240. The highest BCUT2D eigenvalue weighted by Gasteiger charge is 2.31. The summed E-state index contributed by atoms with van der Waals surface area (Å²) < 4.78 is 32.3. The molecule has 3 atom stereocenters. The van der Waals surface area contributed by atoms with Gasteiger partial charge in [-0.3, -0.25) is 9.52 Å². The van der Waals surface area contributed by atoms with Gasteiger partial charge < -0.3 is 14.2 Å². The number of para-hydroxylation sites is 1. The normalized spacial score (nSPS) is 21.2. The van der Waals surface area contributed by atoms with Crippen molar-refractivity contribution in [1.29, 1.82) is 5.26 Å². The van der Waals surface area contributed by atoms with E-state index >= 15 is 0 Å². The Morgan fingerprint density at radius 1 is 1.12 bits per heavy atom. The number of nitrogens with zero attached hydrogens (tertiary/aromatic N) is 2. The number of benzene rings is 2. The average Bonchev–Trinajstić information content (AvgIpc) is 3.38. The number of amides is 1. The standard InChI is InChI=1S/C23H17N3O5S/c24-11-15-6-9-17(12-25-15)31-19-3-1-2-18-20(13-29-23(18)19)30-16-7-4-14(5-8-16)21-10-22(27)26-32(21)28/h1-9,12,20-21H,10,13H2,(H,26,27)/t20-,21?,32?/m1/s1. The van der Waals surface area contributed by atoms with Gasteiger partial charge in [-0.25, -0.2) is 9.19 Å². The van der Waals surface area contributed by atoms with Crippen LogP contribution in [0.3, 0.4) is 0 Å². The van der Waals surface area contributed by atoms with Crippen LogP contribution < -0.4 is 18.9 Å². The highest BCUT2D eigenvalue weighted by molar-refractivity contribution is 7.84. The maximum atomic E-state index is 12.0. The third-order valence-corrected chi connectivity index (χ3v) is 6.57. The number of hydrogen-bond acceptors (Lipinski definition) is 7. The highest BCUT2D eigenvalue weighted by atomic mass is 32.2. The molecule has 1 N–H and O–H groups in total. The molecule has 3 aromatic rings. The first kappa shape index (κ1) is 20.0. The van der Waals surface area contributed by atoms with Crippen LogP contribution in [0, 0.1) is 11.3 Å². The van der Waals surface area contributed by atoms with Crippen molar-refractivity contribution in [2.45, 2.75) is 17.8 Å². The summed E-state index contributed by atoms with van der Waals surface area (Å²) >= 11 is 0. The predicted octanol–water partition coefficient (Wildman–Crippen LogP) is 3.48. The lowest BCUT2D eigenvalue weighted by Crippen LogP contribution is -2.15. The van der Waals surface area contributed by atoms with Crippen molar-refractivity contribution in [1.82, 2.24) is 9.71 Å². The topological polar surface area (TPSA) is 111 Å². The van der Waals surface area contributed by atoms with Crippen LogP contribution in [0.15, 0.2) is 60.8 Å². The van der Waals surface area contributed by atoms with E-state index in [1.165, 1.54) is 6.20 Å². The van der Waals surface area contributed by atoms with Gasteiger partial charge in [0.05, 0.1) is 11.4 Å². The molecule has 32 heavy (non-hydrogen) atoms. The van der Waals surface area contributed by atoms with Crippen LogP contribution >= 0.6 is 0 Å². The molecule has 2 aromatic carbocycles. The van der Waals surface area contributed by atoms with E-state index in [-0.39, 0.29) is 23.7 Å². The molecule has 1 fully saturated rings. The van der Waals surface area contributed by atoms with Crippen molar-refractivity contribution in [3.63, 3.8) is 0 Å². The first-order chi connectivity index (χ1) is 15.6. The Hall–Kier alpha value is -3.90. The van der Waals surface area contributed by atoms with Crippen LogP contribution in [-0.2, 0) is 15.8 Å². The molecule has 5 rings (SSSR count). The zero-order valence-electron chi connectivity index (χ0n) is 16.7. The maximum absolute atomic E-state index is 12.0. The Morgan fingerprint density at radius 2 is 1.94 bits per heavy atom. The first-order valence-corrected chi connectivity index (χ1v) is 11.1. The lowest BCUT2D eigenvalue weighted by molar-refractivity contribution is -0.118. The summed E-state index contributed by atoms with van der Waals surface area (Å²) in [5.41, 5.74) is 2.00. The van der Waals surface area contributed by atoms with Gasteiger partial charge >= 0.3 is 0 Å². The van der Waals surface area contributed by atoms with E-state index in [1.807, 2.05) is 30.3 Å². The molecule has 9 heteroatoms. The first-order valence-electron chi connectivity index (χ1n) is 9.87. The van der Waals surface area contributed by atoms with Gasteiger partial charge in [-0.05, 0) is 35.9 Å². The van der Waals surface area contributed by atoms with E-state index in [1.54, 1.807) is 30.3 Å². The lowest BCUT2D eigenvalue weighted by atomic mass is 10.1. The number of hydrogen-bond donors (Lipinski definition) is 1. The molecule has 160 valence electrons. The summed E-state index contributed by atoms with van der Waals surface area (Å²) in [5, 5.41) is 8.53. The smallest absolute Gasteiger partial charge is 0.233 e. The number of nitrogens with one attached hydrogen (secondary N) is 1. The fraction of sp³-hybridized carbons (Fsp3) is 0.174. The molecule has 1 amide bonds. The second-order valence-electron chi connectivity index (χ2n) is 7.27. The summed E-state index contributed by atoms with van der Waals surface area (Å²) in [5.74, 6) is 2.07. The van der Waals surface area contributed by atoms with E-state index in [2.05, 4.69) is 9.71 Å². The molecule has 8 nitrogen and oxygen atoms in total. The molecule has 0 radical (unpaired) electrons. The predicted molar refractivity (Wildman–Crippen MR) is 114 cm³/mol. The van der Waals surface area contributed by atoms with Crippen molar-refractivity contribution < 1.29 is 23.2 Å². The van der Waals surface area contributed by atoms with Crippen LogP contribution in [0.1, 0.15) is 34.6 Å². The number of carbonyl (C=O) groups excluding carboxylic acids is 1. The second kappa shape index (κ2) is 8.32. The summed E-state index contributed by atoms with van der Waals surface area (Å²) in [4.78, 5) is 15.5. The molecule has 0 saturated carbocycles. The van der Waals surface area contributed by atoms with Gasteiger partial charge in [0.2, 0.25) is 5.91 Å². The van der Waals surface area contributed by atoms with Gasteiger partial charge in [-0.1, -0.05) is 24.3 Å². The Labute approximate surface area is 186 Å². The van der Waals surface area contributed by atoms with Gasteiger partial charge in [0.25, 0.3) is 0 Å². The molecular formula is C23H17N3O5S. The molecule has 0 bridgehead atoms. The third-order valence-electron chi connectivity index (χ3n) is 5.19. The van der Waals surface area contributed by atoms with Gasteiger partial charge in [-0.15, -0.1) is 0 Å². The largest absolute Gasteiger partial charge is 0.485 e. The third kappa shape index (κ3) is 3.88. The second-order valence-corrected chi connectivity index (χ2v) is 8.64. The van der Waals surface area contributed by atoms with Crippen LogP contribution in [0.25, 0.3) is 0 Å². The Balaban J connectivity index is 1.30. The van der Waals surface area contributed by atoms with Crippen LogP contribution in [-0.4, -0.2) is 21.7 Å². The van der Waals surface area contributed by atoms with E-state index in [0.717, 1.165) is 11.1 Å². The maximum Gasteiger partial charge on any atom is 0.233 e. The number of nitriles is 1. The van der Waals surface area contributed by atoms with Crippen molar-refractivity contribution >= 4 is 16.9 Å². The number of carbonyl (C=O) groups is 1. The van der Waals surface area contributed by atoms with Crippen LogP contribution in [0.2, 0.25) is 0 Å². The molecule has 3 heterocycles. The molecule has 0 spiro atoms. The van der Waals surface area contributed by atoms with E-state index in [0.29, 0.717) is 35.3 Å². The summed E-state index contributed by atoms with van der Waals surface area (Å²) in [6.07, 6.45) is 1.39. The SMILES string of the molecule is N#Cc1ccc(Oc2cccc3c2OC[C@H]3Oc2ccc(C3CC(=O)NS3=O)cc2)cn1. The molecule has 1 saturated heterocycles. The van der Waals surface area contributed by atoms with Crippen LogP contribution in [0.5, 0.6) is 23.0 Å². The number of aromatic nitrogens is 1. The highest BCUT2D eigenvalue weighted by Crippen LogP contribution is 2.43. The van der Waals surface area contributed by atoms with Crippen molar-refractivity contribution in [3.05, 3.63) is 77.6 Å². The Morgan fingerprint density at radius 3 is 2.62 bits per heavy atom. The quantitative estimate of drug-likeness (QED) is 0.637. The monoisotopic (exact) mass is 447 g/mol. The minimum absolute atomic E-state index is 0.205. The summed E-state index contributed by atoms with van der Waals surface area (Å²) in [6.45, 7) is 0.328. The van der Waals surface area contributed by atoms with Gasteiger partial charge in [-0.2, -0.15) is 5.26 Å². The number of fused-ring (bicyclic) bond motifs is 1. The Kier molecular flexibility index (Phi) is 5.21. The van der Waals surface area contributed by atoms with E-state index in [4.69, 9.17) is 19.5 Å². The minimum Gasteiger partial charge on any atom is -0.485 e. The molecule has 2 aliphatic heterocycles. The molecule has 0 aliphatic carbocycles. The van der Waals surface area contributed by atoms with Crippen molar-refractivity contribution in [2.24, 2.45) is 0 Å². The fourth-order valence-electron chi connectivity index (χ4n) is 3.64. The van der Waals surface area contributed by atoms with Gasteiger partial charge in [0.1, 0.15) is 40.9 Å². The lowest BCUT2D eigenvalue weighted by Gasteiger charge is -2.14. The van der Waals surface area contributed by atoms with Crippen molar-refractivity contribution in [2.75, 3.05) is 6.61 Å². The molecule has 1 aromatic heterocycles. The van der Waals surface area contributed by atoms with Crippen molar-refractivity contribution in [3.8, 4) is 29.1 Å². The van der Waals surface area contributed by atoms with E-state index < -0.39 is 11.0 Å². The number of rotatable bonds is 5. The zero-order valence-corrected chi connectivity index (χ0v) is 17.5. The zero-order chi connectivity index (χ0) is 22.1. The van der Waals surface area contributed by atoms with Gasteiger partial charge in [0.15, 0.2) is 17.6 Å². The summed E-state index contributed by atoms with van der Waals surface area (Å²) in [6, 6.07) is 18.1. The van der Waals surface area contributed by atoms with Gasteiger partial charge in [0, 0.05) is 12.0 Å². The number of pyridine rings is 1. The molecular weight excluding hydrogens is 430 g/mol. The fourth-order valence-corrected chi connectivity index (χ4v) is 4.79. The average molecular weight is 447 g/mol. The summed E-state index contributed by atoms with van der Waals surface area (Å²) in [7, 11) is -1.40. The molecule has 2 unspecified atom stereocenters. The molecule has 2 aliphatic rings. The minimum atomic E-state index is -1.40. The number of ether oxygens (including phenoxy) is 3. The van der Waals surface area contributed by atoms with Crippen LogP contribution in [0.4, 0.5) is 0 Å².